The predicted octanol–water partition coefficient (Wildman–Crippen LogP) is 13.0. The molecule has 0 aliphatic heterocycles. The van der Waals surface area contributed by atoms with Gasteiger partial charge in [-0.25, -0.2) is 0 Å². The fourth-order valence-electron chi connectivity index (χ4n) is 9.95. The Bertz CT molecular complexity index is 943. The second kappa shape index (κ2) is 20.8. The molecule has 0 aromatic rings. The zero-order valence-electron chi connectivity index (χ0n) is 34.1. The van der Waals surface area contributed by atoms with Crippen LogP contribution in [-0.4, -0.2) is 25.2 Å². The molecule has 4 nitrogen and oxygen atoms in total. The summed E-state index contributed by atoms with van der Waals surface area (Å²) in [4.78, 5) is 27.7. The van der Waals surface area contributed by atoms with Crippen LogP contribution in [0.4, 0.5) is 0 Å². The maximum atomic E-state index is 13.9. The molecule has 3 fully saturated rings. The molecule has 0 radical (unpaired) electrons. The first-order valence-corrected chi connectivity index (χ1v) is 21.5. The lowest BCUT2D eigenvalue weighted by atomic mass is 9.70. The molecule has 0 spiro atoms. The molecular formula is C45H82O4. The van der Waals surface area contributed by atoms with Gasteiger partial charge >= 0.3 is 11.9 Å². The van der Waals surface area contributed by atoms with Gasteiger partial charge in [0.15, 0.2) is 0 Å². The van der Waals surface area contributed by atoms with E-state index in [1.54, 1.807) is 0 Å². The molecule has 3 aliphatic rings. The van der Waals surface area contributed by atoms with Gasteiger partial charge in [0.2, 0.25) is 0 Å². The Balaban J connectivity index is 1.59. The van der Waals surface area contributed by atoms with Gasteiger partial charge in [0.05, 0.1) is 25.0 Å². The number of unbranched alkanes of at least 4 members (excludes halogenated alkanes) is 2. The maximum absolute atomic E-state index is 13.9. The highest BCUT2D eigenvalue weighted by molar-refractivity contribution is 5.82. The van der Waals surface area contributed by atoms with Gasteiger partial charge in [-0.05, 0) is 104 Å². The minimum absolute atomic E-state index is 0.132. The van der Waals surface area contributed by atoms with Crippen LogP contribution in [0.2, 0.25) is 0 Å². The fraction of sp³-hybridized carbons (Fsp3) is 0.956. The minimum atomic E-state index is -0.367. The Morgan fingerprint density at radius 1 is 0.571 bits per heavy atom. The minimum Gasteiger partial charge on any atom is -0.465 e. The largest absolute Gasteiger partial charge is 0.465 e. The molecule has 9 atom stereocenters. The molecule has 286 valence electrons. The summed E-state index contributed by atoms with van der Waals surface area (Å²) in [5.74, 6) is 3.02. The molecule has 0 aromatic carbocycles. The quantitative estimate of drug-likeness (QED) is 0.135. The lowest BCUT2D eigenvalue weighted by Crippen LogP contribution is -2.41. The summed E-state index contributed by atoms with van der Waals surface area (Å²) >= 11 is 0. The highest BCUT2D eigenvalue weighted by Crippen LogP contribution is 2.43. The molecule has 3 saturated carbocycles. The first-order chi connectivity index (χ1) is 23.2. The molecule has 0 aromatic heterocycles. The van der Waals surface area contributed by atoms with E-state index in [0.29, 0.717) is 47.7 Å². The summed E-state index contributed by atoms with van der Waals surface area (Å²) in [5, 5.41) is 0. The van der Waals surface area contributed by atoms with E-state index in [9.17, 15) is 9.59 Å². The van der Waals surface area contributed by atoms with E-state index >= 15 is 0 Å². The number of carbonyl (C=O) groups is 2. The van der Waals surface area contributed by atoms with Gasteiger partial charge in [-0.2, -0.15) is 0 Å². The summed E-state index contributed by atoms with van der Waals surface area (Å²) in [6.07, 6.45) is 25.6. The lowest BCUT2D eigenvalue weighted by Gasteiger charge is -2.38. The monoisotopic (exact) mass is 687 g/mol. The Morgan fingerprint density at radius 2 is 1.04 bits per heavy atom. The number of esters is 2. The molecule has 49 heavy (non-hydrogen) atoms. The standard InChI is InChI=1S/C45H82O4/c1-10-12-18-34-23-25-38(36(29-34)20-15-27-44(4,5)6)31-48-42(46)40-22-14-17-33(3)41(40)43(47)49-32-39-26-24-35(19-13-11-2)30-37(39)21-16-28-45(7,8)9/h33-41H,10-32H2,1-9H3. The van der Waals surface area contributed by atoms with Crippen molar-refractivity contribution in [1.82, 2.24) is 0 Å². The van der Waals surface area contributed by atoms with Crippen LogP contribution in [0.3, 0.4) is 0 Å². The molecule has 0 amide bonds. The molecule has 0 heterocycles. The normalized spacial score (nSPS) is 31.3. The highest BCUT2D eigenvalue weighted by atomic mass is 16.5. The van der Waals surface area contributed by atoms with Gasteiger partial charge < -0.3 is 9.47 Å². The number of carbonyl (C=O) groups excluding carboxylic acids is 2. The van der Waals surface area contributed by atoms with Crippen molar-refractivity contribution in [2.24, 2.45) is 64.1 Å². The molecule has 0 bridgehead atoms. The van der Waals surface area contributed by atoms with Gasteiger partial charge in [0.1, 0.15) is 0 Å². The van der Waals surface area contributed by atoms with Crippen LogP contribution in [0, 0.1) is 64.1 Å². The summed E-state index contributed by atoms with van der Waals surface area (Å²) in [5.41, 5.74) is 0.723. The van der Waals surface area contributed by atoms with Crippen LogP contribution in [0.25, 0.3) is 0 Å². The number of hydrogen-bond donors (Lipinski definition) is 0. The Kier molecular flexibility index (Phi) is 18.0. The van der Waals surface area contributed by atoms with Crippen LogP contribution in [-0.2, 0) is 19.1 Å². The van der Waals surface area contributed by atoms with Gasteiger partial charge in [0, 0.05) is 0 Å². The zero-order chi connectivity index (χ0) is 36.0. The third-order valence-electron chi connectivity index (χ3n) is 13.1. The van der Waals surface area contributed by atoms with Crippen LogP contribution in [0.15, 0.2) is 0 Å². The van der Waals surface area contributed by atoms with Crippen LogP contribution < -0.4 is 0 Å². The molecular weight excluding hydrogens is 604 g/mol. The molecule has 9 unspecified atom stereocenters. The van der Waals surface area contributed by atoms with Crippen molar-refractivity contribution in [2.45, 2.75) is 197 Å². The van der Waals surface area contributed by atoms with E-state index in [1.165, 1.54) is 116 Å². The van der Waals surface area contributed by atoms with E-state index < -0.39 is 0 Å². The number of rotatable bonds is 18. The van der Waals surface area contributed by atoms with Crippen molar-refractivity contribution in [3.05, 3.63) is 0 Å². The third-order valence-corrected chi connectivity index (χ3v) is 13.1. The number of hydrogen-bond acceptors (Lipinski definition) is 4. The average molecular weight is 687 g/mol. The van der Waals surface area contributed by atoms with Crippen molar-refractivity contribution in [1.29, 1.82) is 0 Å². The third kappa shape index (κ3) is 15.2. The van der Waals surface area contributed by atoms with E-state index in [2.05, 4.69) is 62.3 Å². The Hall–Kier alpha value is -1.06. The van der Waals surface area contributed by atoms with E-state index in [4.69, 9.17) is 9.47 Å². The summed E-state index contributed by atoms with van der Waals surface area (Å²) in [6.45, 7) is 21.9. The average Bonchev–Trinajstić information content (AvgIpc) is 3.03. The summed E-state index contributed by atoms with van der Waals surface area (Å²) in [7, 11) is 0. The summed E-state index contributed by atoms with van der Waals surface area (Å²) in [6, 6.07) is 0. The van der Waals surface area contributed by atoms with Gasteiger partial charge in [0.25, 0.3) is 0 Å². The van der Waals surface area contributed by atoms with Crippen molar-refractivity contribution >= 4 is 11.9 Å². The Labute approximate surface area is 304 Å². The van der Waals surface area contributed by atoms with E-state index in [1.807, 2.05) is 0 Å². The van der Waals surface area contributed by atoms with Gasteiger partial charge in [-0.3, -0.25) is 9.59 Å². The molecule has 0 N–H and O–H groups in total. The molecule has 3 rings (SSSR count). The zero-order valence-corrected chi connectivity index (χ0v) is 34.1. The van der Waals surface area contributed by atoms with E-state index in [-0.39, 0.29) is 29.7 Å². The second-order valence-corrected chi connectivity index (χ2v) is 19.9. The Morgan fingerprint density at radius 3 is 1.49 bits per heavy atom. The molecule has 3 aliphatic carbocycles. The van der Waals surface area contributed by atoms with Crippen LogP contribution >= 0.6 is 0 Å². The van der Waals surface area contributed by atoms with Crippen LogP contribution in [0.5, 0.6) is 0 Å². The van der Waals surface area contributed by atoms with Crippen molar-refractivity contribution in [3.8, 4) is 0 Å². The fourth-order valence-corrected chi connectivity index (χ4v) is 9.95. The predicted molar refractivity (Wildman–Crippen MR) is 206 cm³/mol. The maximum Gasteiger partial charge on any atom is 0.310 e. The second-order valence-electron chi connectivity index (χ2n) is 19.9. The molecule has 4 heteroatoms. The highest BCUT2D eigenvalue weighted by Gasteiger charge is 2.43. The van der Waals surface area contributed by atoms with Crippen molar-refractivity contribution in [3.63, 3.8) is 0 Å². The van der Waals surface area contributed by atoms with Gasteiger partial charge in [-0.15, -0.1) is 0 Å². The lowest BCUT2D eigenvalue weighted by molar-refractivity contribution is -0.168. The SMILES string of the molecule is CCCCC1CCC(COC(=O)C2CCCC(C)C2C(=O)OCC2CCC(CCCC)CC2CCCC(C)(C)C)C(CCCC(C)(C)C)C1. The topological polar surface area (TPSA) is 52.6 Å². The smallest absolute Gasteiger partial charge is 0.310 e. The first-order valence-electron chi connectivity index (χ1n) is 21.5. The van der Waals surface area contributed by atoms with Crippen LogP contribution in [0.1, 0.15) is 197 Å². The first kappa shape index (κ1) is 42.4. The number of ether oxygens (including phenoxy) is 2. The summed E-state index contributed by atoms with van der Waals surface area (Å²) < 4.78 is 12.5. The molecule has 0 saturated heterocycles. The van der Waals surface area contributed by atoms with Crippen molar-refractivity contribution < 1.29 is 19.1 Å². The van der Waals surface area contributed by atoms with Gasteiger partial charge in [-0.1, -0.05) is 146 Å². The van der Waals surface area contributed by atoms with Crippen molar-refractivity contribution in [2.75, 3.05) is 13.2 Å². The van der Waals surface area contributed by atoms with E-state index in [0.717, 1.165) is 31.1 Å².